The third-order valence-corrected chi connectivity index (χ3v) is 5.26. The Bertz CT molecular complexity index is 993. The number of nitrogens with one attached hydrogen (secondary N) is 2. The Morgan fingerprint density at radius 1 is 1.07 bits per heavy atom. The minimum atomic E-state index is -0.378. The fourth-order valence-corrected chi connectivity index (χ4v) is 3.78. The first-order valence-corrected chi connectivity index (χ1v) is 10.3. The Kier molecular flexibility index (Phi) is 7.26. The Balaban J connectivity index is 1.58. The number of likely N-dealkylation sites (N-methyl/N-ethyl adjacent to an activating group) is 1. The fourth-order valence-electron chi connectivity index (χ4n) is 2.98. The van der Waals surface area contributed by atoms with Crippen molar-refractivity contribution in [2.75, 3.05) is 25.5 Å². The molecule has 156 valence electrons. The van der Waals surface area contributed by atoms with E-state index in [1.54, 1.807) is 30.1 Å². The van der Waals surface area contributed by atoms with Gasteiger partial charge in [-0.2, -0.15) is 0 Å². The number of anilines is 1. The number of carbonyl (C=O) groups is 2. The number of halogens is 1. The Labute approximate surface area is 178 Å². The van der Waals surface area contributed by atoms with Crippen molar-refractivity contribution in [3.8, 4) is 0 Å². The SMILES string of the molecule is Cc1cccc(NC(=O)CN(C)CC(=O)NC(c2ccc(F)cc2)c2cccs2)n1. The largest absolute Gasteiger partial charge is 0.343 e. The molecule has 2 amide bonds. The van der Waals surface area contributed by atoms with Gasteiger partial charge in [0.2, 0.25) is 11.8 Å². The molecule has 2 aromatic heterocycles. The third-order valence-electron chi connectivity index (χ3n) is 4.32. The lowest BCUT2D eigenvalue weighted by Gasteiger charge is -2.21. The van der Waals surface area contributed by atoms with E-state index in [1.165, 1.54) is 23.5 Å². The highest BCUT2D eigenvalue weighted by Gasteiger charge is 2.19. The summed E-state index contributed by atoms with van der Waals surface area (Å²) < 4.78 is 13.3. The molecule has 3 rings (SSSR count). The highest BCUT2D eigenvalue weighted by molar-refractivity contribution is 7.10. The maximum atomic E-state index is 13.3. The molecular weight excluding hydrogens is 403 g/mol. The van der Waals surface area contributed by atoms with Gasteiger partial charge < -0.3 is 10.6 Å². The van der Waals surface area contributed by atoms with Crippen molar-refractivity contribution in [3.63, 3.8) is 0 Å². The van der Waals surface area contributed by atoms with E-state index in [0.717, 1.165) is 16.1 Å². The van der Waals surface area contributed by atoms with E-state index in [4.69, 9.17) is 0 Å². The summed E-state index contributed by atoms with van der Waals surface area (Å²) in [6.45, 7) is 1.93. The Morgan fingerprint density at radius 2 is 1.80 bits per heavy atom. The molecule has 0 spiro atoms. The lowest BCUT2D eigenvalue weighted by Crippen LogP contribution is -2.40. The first-order chi connectivity index (χ1) is 14.4. The highest BCUT2D eigenvalue weighted by atomic mass is 32.1. The number of pyridine rings is 1. The van der Waals surface area contributed by atoms with Crippen LogP contribution >= 0.6 is 11.3 Å². The quantitative estimate of drug-likeness (QED) is 0.579. The van der Waals surface area contributed by atoms with Crippen molar-refractivity contribution in [1.29, 1.82) is 0 Å². The van der Waals surface area contributed by atoms with Crippen molar-refractivity contribution >= 4 is 29.0 Å². The van der Waals surface area contributed by atoms with Gasteiger partial charge in [0.15, 0.2) is 0 Å². The first-order valence-electron chi connectivity index (χ1n) is 9.41. The van der Waals surface area contributed by atoms with Crippen LogP contribution in [0.5, 0.6) is 0 Å². The molecule has 2 N–H and O–H groups in total. The van der Waals surface area contributed by atoms with Crippen molar-refractivity contribution in [2.45, 2.75) is 13.0 Å². The molecule has 0 saturated carbocycles. The molecule has 8 heteroatoms. The zero-order valence-electron chi connectivity index (χ0n) is 16.8. The Morgan fingerprint density at radius 3 is 2.47 bits per heavy atom. The zero-order chi connectivity index (χ0) is 21.5. The topological polar surface area (TPSA) is 74.3 Å². The smallest absolute Gasteiger partial charge is 0.239 e. The van der Waals surface area contributed by atoms with Gasteiger partial charge in [-0.05, 0) is 55.2 Å². The number of hydrogen-bond acceptors (Lipinski definition) is 5. The van der Waals surface area contributed by atoms with Crippen LogP contribution in [0.1, 0.15) is 22.2 Å². The summed E-state index contributed by atoms with van der Waals surface area (Å²) in [6.07, 6.45) is 0. The van der Waals surface area contributed by atoms with Gasteiger partial charge in [-0.1, -0.05) is 24.3 Å². The van der Waals surface area contributed by atoms with Gasteiger partial charge in [0.1, 0.15) is 11.6 Å². The monoisotopic (exact) mass is 426 g/mol. The summed E-state index contributed by atoms with van der Waals surface area (Å²) in [6, 6.07) is 14.9. The third kappa shape index (κ3) is 6.20. The molecule has 0 aliphatic heterocycles. The minimum Gasteiger partial charge on any atom is -0.343 e. The number of aryl methyl sites for hydroxylation is 1. The second kappa shape index (κ2) is 10.1. The van der Waals surface area contributed by atoms with Crippen LogP contribution in [-0.4, -0.2) is 41.8 Å². The second-order valence-electron chi connectivity index (χ2n) is 6.95. The van der Waals surface area contributed by atoms with Crippen LogP contribution in [0.3, 0.4) is 0 Å². The molecule has 0 aliphatic carbocycles. The first kappa shape index (κ1) is 21.6. The van der Waals surface area contributed by atoms with Gasteiger partial charge in [-0.25, -0.2) is 9.37 Å². The van der Waals surface area contributed by atoms with E-state index in [9.17, 15) is 14.0 Å². The molecule has 6 nitrogen and oxygen atoms in total. The lowest BCUT2D eigenvalue weighted by molar-refractivity contribution is -0.123. The summed E-state index contributed by atoms with van der Waals surface area (Å²) in [4.78, 5) is 31.6. The van der Waals surface area contributed by atoms with Gasteiger partial charge >= 0.3 is 0 Å². The van der Waals surface area contributed by atoms with Gasteiger partial charge in [-0.3, -0.25) is 14.5 Å². The number of carbonyl (C=O) groups excluding carboxylic acids is 2. The zero-order valence-corrected chi connectivity index (χ0v) is 17.6. The molecule has 0 bridgehead atoms. The fraction of sp³-hybridized carbons (Fsp3) is 0.227. The van der Waals surface area contributed by atoms with E-state index in [0.29, 0.717) is 5.82 Å². The average molecular weight is 427 g/mol. The van der Waals surface area contributed by atoms with Crippen molar-refractivity contribution in [3.05, 3.63) is 81.9 Å². The standard InChI is InChI=1S/C22H23FN4O2S/c1-15-5-3-7-19(24-15)25-20(28)13-27(2)14-21(29)26-22(18-6-4-12-30-18)16-8-10-17(23)11-9-16/h3-12,22H,13-14H2,1-2H3,(H,26,29)(H,24,25,28). The Hall–Kier alpha value is -3.10. The van der Waals surface area contributed by atoms with E-state index >= 15 is 0 Å². The minimum absolute atomic E-state index is 0.0394. The van der Waals surface area contributed by atoms with Crippen LogP contribution in [0, 0.1) is 12.7 Å². The van der Waals surface area contributed by atoms with E-state index in [-0.39, 0.29) is 36.8 Å². The number of aromatic nitrogens is 1. The predicted octanol–water partition coefficient (Wildman–Crippen LogP) is 3.37. The number of thiophene rings is 1. The van der Waals surface area contributed by atoms with Crippen molar-refractivity contribution in [2.24, 2.45) is 0 Å². The molecule has 0 radical (unpaired) electrons. The average Bonchev–Trinajstić information content (AvgIpc) is 3.21. The molecular formula is C22H23FN4O2S. The predicted molar refractivity (Wildman–Crippen MR) is 116 cm³/mol. The van der Waals surface area contributed by atoms with E-state index < -0.39 is 0 Å². The summed E-state index contributed by atoms with van der Waals surface area (Å²) in [5, 5.41) is 7.63. The molecule has 1 atom stereocenters. The van der Waals surface area contributed by atoms with Gasteiger partial charge in [0.25, 0.3) is 0 Å². The van der Waals surface area contributed by atoms with Gasteiger partial charge in [0, 0.05) is 10.6 Å². The number of amides is 2. The number of benzene rings is 1. The second-order valence-corrected chi connectivity index (χ2v) is 7.93. The summed E-state index contributed by atoms with van der Waals surface area (Å²) in [7, 11) is 1.70. The highest BCUT2D eigenvalue weighted by Crippen LogP contribution is 2.26. The van der Waals surface area contributed by atoms with Crippen molar-refractivity contribution in [1.82, 2.24) is 15.2 Å². The molecule has 0 saturated heterocycles. The molecule has 2 heterocycles. The molecule has 3 aromatic rings. The summed E-state index contributed by atoms with van der Waals surface area (Å²) >= 11 is 1.51. The van der Waals surface area contributed by atoms with Crippen LogP contribution in [0.15, 0.2) is 60.0 Å². The van der Waals surface area contributed by atoms with Crippen LogP contribution in [0.2, 0.25) is 0 Å². The molecule has 0 aliphatic rings. The van der Waals surface area contributed by atoms with E-state index in [1.807, 2.05) is 36.6 Å². The van der Waals surface area contributed by atoms with Crippen LogP contribution in [-0.2, 0) is 9.59 Å². The number of nitrogens with zero attached hydrogens (tertiary/aromatic N) is 2. The van der Waals surface area contributed by atoms with Gasteiger partial charge in [0.05, 0.1) is 19.1 Å². The molecule has 30 heavy (non-hydrogen) atoms. The molecule has 1 unspecified atom stereocenters. The maximum Gasteiger partial charge on any atom is 0.239 e. The van der Waals surface area contributed by atoms with Crippen molar-refractivity contribution < 1.29 is 14.0 Å². The van der Waals surface area contributed by atoms with Crippen LogP contribution < -0.4 is 10.6 Å². The van der Waals surface area contributed by atoms with Crippen LogP contribution in [0.4, 0.5) is 10.2 Å². The lowest BCUT2D eigenvalue weighted by atomic mass is 10.1. The maximum absolute atomic E-state index is 13.3. The van der Waals surface area contributed by atoms with E-state index in [2.05, 4.69) is 15.6 Å². The molecule has 1 aromatic carbocycles. The van der Waals surface area contributed by atoms with Gasteiger partial charge in [-0.15, -0.1) is 11.3 Å². The summed E-state index contributed by atoms with van der Waals surface area (Å²) in [5.74, 6) is -0.339. The molecule has 0 fully saturated rings. The number of hydrogen-bond donors (Lipinski definition) is 2. The normalized spacial score (nSPS) is 11.9. The van der Waals surface area contributed by atoms with Crippen LogP contribution in [0.25, 0.3) is 0 Å². The summed E-state index contributed by atoms with van der Waals surface area (Å²) in [5.41, 5.74) is 1.60. The number of rotatable bonds is 8.